The summed E-state index contributed by atoms with van der Waals surface area (Å²) < 4.78 is 0. The standard InChI is InChI=1S/C16H33N3O/c1-13(2)7-5-8-14(3)18-16(20)12-19-10-6-9-15(11-19)17-4/h13-15,17H,5-12H2,1-4H3,(H,18,20). The van der Waals surface area contributed by atoms with Gasteiger partial charge in [-0.15, -0.1) is 0 Å². The fourth-order valence-corrected chi connectivity index (χ4v) is 2.86. The van der Waals surface area contributed by atoms with Crippen LogP contribution in [0.15, 0.2) is 0 Å². The van der Waals surface area contributed by atoms with Crippen molar-refractivity contribution in [3.63, 3.8) is 0 Å². The number of nitrogens with zero attached hydrogens (tertiary/aromatic N) is 1. The van der Waals surface area contributed by atoms with Crippen molar-refractivity contribution in [2.75, 3.05) is 26.7 Å². The van der Waals surface area contributed by atoms with E-state index in [0.29, 0.717) is 18.6 Å². The van der Waals surface area contributed by atoms with E-state index < -0.39 is 0 Å². The zero-order valence-corrected chi connectivity index (χ0v) is 13.7. The second-order valence-corrected chi connectivity index (χ2v) is 6.66. The molecular formula is C16H33N3O. The molecule has 0 aromatic carbocycles. The average Bonchev–Trinajstić information content (AvgIpc) is 2.38. The Morgan fingerprint density at radius 1 is 1.30 bits per heavy atom. The van der Waals surface area contributed by atoms with E-state index in [4.69, 9.17) is 0 Å². The van der Waals surface area contributed by atoms with Crippen molar-refractivity contribution < 1.29 is 4.79 Å². The highest BCUT2D eigenvalue weighted by molar-refractivity contribution is 5.78. The van der Waals surface area contributed by atoms with Gasteiger partial charge in [0.1, 0.15) is 0 Å². The topological polar surface area (TPSA) is 44.4 Å². The molecule has 1 aliphatic rings. The minimum absolute atomic E-state index is 0.179. The Hall–Kier alpha value is -0.610. The van der Waals surface area contributed by atoms with Gasteiger partial charge in [-0.3, -0.25) is 9.69 Å². The van der Waals surface area contributed by atoms with Gasteiger partial charge in [0.15, 0.2) is 0 Å². The number of carbonyl (C=O) groups excluding carboxylic acids is 1. The Bertz CT molecular complexity index is 281. The first-order valence-electron chi connectivity index (χ1n) is 8.20. The third-order valence-corrected chi connectivity index (χ3v) is 4.11. The molecule has 2 unspecified atom stereocenters. The normalized spacial score (nSPS) is 21.9. The minimum Gasteiger partial charge on any atom is -0.353 e. The molecule has 1 rings (SSSR count). The van der Waals surface area contributed by atoms with Crippen LogP contribution in [0, 0.1) is 5.92 Å². The largest absolute Gasteiger partial charge is 0.353 e. The summed E-state index contributed by atoms with van der Waals surface area (Å²) in [6, 6.07) is 0.839. The molecule has 118 valence electrons. The maximum atomic E-state index is 12.0. The molecule has 2 atom stereocenters. The third kappa shape index (κ3) is 7.25. The maximum absolute atomic E-state index is 12.0. The zero-order valence-electron chi connectivity index (χ0n) is 13.7. The first-order chi connectivity index (χ1) is 9.51. The molecule has 1 aliphatic heterocycles. The van der Waals surface area contributed by atoms with Gasteiger partial charge in [0.25, 0.3) is 0 Å². The number of hydrogen-bond donors (Lipinski definition) is 2. The molecule has 0 saturated carbocycles. The first kappa shape index (κ1) is 17.4. The van der Waals surface area contributed by atoms with Gasteiger partial charge in [-0.05, 0) is 45.7 Å². The summed E-state index contributed by atoms with van der Waals surface area (Å²) >= 11 is 0. The van der Waals surface area contributed by atoms with Gasteiger partial charge in [0.05, 0.1) is 6.54 Å². The summed E-state index contributed by atoms with van der Waals surface area (Å²) in [6.45, 7) is 9.20. The van der Waals surface area contributed by atoms with Crippen molar-refractivity contribution in [3.05, 3.63) is 0 Å². The quantitative estimate of drug-likeness (QED) is 0.716. The lowest BCUT2D eigenvalue weighted by molar-refractivity contribution is -0.123. The Labute approximate surface area is 124 Å². The molecule has 0 aromatic heterocycles. The number of amides is 1. The molecule has 0 bridgehead atoms. The van der Waals surface area contributed by atoms with Gasteiger partial charge in [-0.2, -0.15) is 0 Å². The van der Waals surface area contributed by atoms with E-state index in [-0.39, 0.29) is 5.91 Å². The molecule has 1 heterocycles. The van der Waals surface area contributed by atoms with Crippen molar-refractivity contribution in [1.82, 2.24) is 15.5 Å². The van der Waals surface area contributed by atoms with E-state index in [2.05, 4.69) is 36.3 Å². The Morgan fingerprint density at radius 2 is 2.05 bits per heavy atom. The number of likely N-dealkylation sites (tertiary alicyclic amines) is 1. The second kappa shape index (κ2) is 9.35. The number of nitrogens with one attached hydrogen (secondary N) is 2. The van der Waals surface area contributed by atoms with Gasteiger partial charge in [0, 0.05) is 18.6 Å². The summed E-state index contributed by atoms with van der Waals surface area (Å²) in [5.41, 5.74) is 0. The summed E-state index contributed by atoms with van der Waals surface area (Å²) in [4.78, 5) is 14.3. The van der Waals surface area contributed by atoms with Crippen LogP contribution in [-0.2, 0) is 4.79 Å². The lowest BCUT2D eigenvalue weighted by atomic mass is 10.0. The number of likely N-dealkylation sites (N-methyl/N-ethyl adjacent to an activating group) is 1. The van der Waals surface area contributed by atoms with Crippen LogP contribution < -0.4 is 10.6 Å². The smallest absolute Gasteiger partial charge is 0.234 e. The van der Waals surface area contributed by atoms with Crippen molar-refractivity contribution in [2.24, 2.45) is 5.92 Å². The van der Waals surface area contributed by atoms with Crippen LogP contribution in [0.1, 0.15) is 52.9 Å². The number of hydrogen-bond acceptors (Lipinski definition) is 3. The predicted octanol–water partition coefficient (Wildman–Crippen LogP) is 2.00. The van der Waals surface area contributed by atoms with Crippen LogP contribution in [0.4, 0.5) is 0 Å². The molecule has 20 heavy (non-hydrogen) atoms. The van der Waals surface area contributed by atoms with Gasteiger partial charge in [-0.1, -0.05) is 26.7 Å². The number of piperidine rings is 1. The van der Waals surface area contributed by atoms with Gasteiger partial charge in [-0.25, -0.2) is 0 Å². The van der Waals surface area contributed by atoms with Crippen molar-refractivity contribution in [2.45, 2.75) is 65.0 Å². The summed E-state index contributed by atoms with van der Waals surface area (Å²) in [5.74, 6) is 0.934. The molecule has 0 aliphatic carbocycles. The Kier molecular flexibility index (Phi) is 8.15. The molecule has 2 N–H and O–H groups in total. The summed E-state index contributed by atoms with van der Waals surface area (Å²) in [5, 5.41) is 6.45. The summed E-state index contributed by atoms with van der Waals surface area (Å²) in [6.07, 6.45) is 5.94. The van der Waals surface area contributed by atoms with E-state index in [0.717, 1.165) is 25.4 Å². The summed E-state index contributed by atoms with van der Waals surface area (Å²) in [7, 11) is 2.00. The van der Waals surface area contributed by atoms with Crippen molar-refractivity contribution in [1.29, 1.82) is 0 Å². The van der Waals surface area contributed by atoms with E-state index in [1.54, 1.807) is 0 Å². The fourth-order valence-electron chi connectivity index (χ4n) is 2.86. The zero-order chi connectivity index (χ0) is 15.0. The van der Waals surface area contributed by atoms with Crippen LogP contribution in [-0.4, -0.2) is 49.6 Å². The van der Waals surface area contributed by atoms with Gasteiger partial charge >= 0.3 is 0 Å². The Balaban J connectivity index is 2.18. The van der Waals surface area contributed by atoms with Crippen molar-refractivity contribution >= 4 is 5.91 Å². The van der Waals surface area contributed by atoms with Crippen LogP contribution in [0.5, 0.6) is 0 Å². The predicted molar refractivity (Wildman–Crippen MR) is 84.8 cm³/mol. The van der Waals surface area contributed by atoms with E-state index >= 15 is 0 Å². The molecule has 0 aromatic rings. The lowest BCUT2D eigenvalue weighted by Gasteiger charge is -2.32. The number of carbonyl (C=O) groups is 1. The molecule has 4 nitrogen and oxygen atoms in total. The monoisotopic (exact) mass is 283 g/mol. The first-order valence-corrected chi connectivity index (χ1v) is 8.20. The van der Waals surface area contributed by atoms with E-state index in [1.165, 1.54) is 25.7 Å². The van der Waals surface area contributed by atoms with Crippen LogP contribution >= 0.6 is 0 Å². The molecule has 0 spiro atoms. The maximum Gasteiger partial charge on any atom is 0.234 e. The fraction of sp³-hybridized carbons (Fsp3) is 0.938. The molecular weight excluding hydrogens is 250 g/mol. The second-order valence-electron chi connectivity index (χ2n) is 6.66. The molecule has 1 amide bonds. The number of rotatable bonds is 8. The Morgan fingerprint density at radius 3 is 2.70 bits per heavy atom. The highest BCUT2D eigenvalue weighted by atomic mass is 16.2. The highest BCUT2D eigenvalue weighted by Crippen LogP contribution is 2.10. The van der Waals surface area contributed by atoms with Crippen molar-refractivity contribution in [3.8, 4) is 0 Å². The van der Waals surface area contributed by atoms with Gasteiger partial charge < -0.3 is 10.6 Å². The van der Waals surface area contributed by atoms with Gasteiger partial charge in [0.2, 0.25) is 5.91 Å². The van der Waals surface area contributed by atoms with E-state index in [1.807, 2.05) is 7.05 Å². The van der Waals surface area contributed by atoms with Crippen LogP contribution in [0.3, 0.4) is 0 Å². The minimum atomic E-state index is 0.179. The third-order valence-electron chi connectivity index (χ3n) is 4.11. The average molecular weight is 283 g/mol. The van der Waals surface area contributed by atoms with Crippen LogP contribution in [0.25, 0.3) is 0 Å². The SMILES string of the molecule is CNC1CCCN(CC(=O)NC(C)CCCC(C)C)C1. The molecule has 0 radical (unpaired) electrons. The van der Waals surface area contributed by atoms with E-state index in [9.17, 15) is 4.79 Å². The highest BCUT2D eigenvalue weighted by Gasteiger charge is 2.20. The van der Waals surface area contributed by atoms with Crippen LogP contribution in [0.2, 0.25) is 0 Å². The molecule has 1 saturated heterocycles. The lowest BCUT2D eigenvalue weighted by Crippen LogP contribution is -2.48. The molecule has 1 fully saturated rings. The molecule has 4 heteroatoms.